The number of quaternary nitrogens is 1. The minimum Gasteiger partial charge on any atom is -0.344 e. The monoisotopic (exact) mass is 382 g/mol. The zero-order chi connectivity index (χ0) is 20.5. The van der Waals surface area contributed by atoms with Crippen molar-refractivity contribution in [3.63, 3.8) is 0 Å². The van der Waals surface area contributed by atoms with Gasteiger partial charge < -0.3 is 15.5 Å². The Kier molecular flexibility index (Phi) is 8.20. The number of anilines is 1. The SMILES string of the molecule is CCC[C@@H](NC(=O)C[NH+](C)CC(=O)Nc1cccc(C)c1C)c1ccccc1. The highest BCUT2D eigenvalue weighted by molar-refractivity contribution is 5.92. The summed E-state index contributed by atoms with van der Waals surface area (Å²) in [5.74, 6) is -0.133. The first-order valence-electron chi connectivity index (χ1n) is 9.92. The van der Waals surface area contributed by atoms with Crippen molar-refractivity contribution in [2.24, 2.45) is 0 Å². The van der Waals surface area contributed by atoms with Gasteiger partial charge >= 0.3 is 0 Å². The van der Waals surface area contributed by atoms with Crippen LogP contribution >= 0.6 is 0 Å². The average Bonchev–Trinajstić information content (AvgIpc) is 2.65. The number of likely N-dealkylation sites (N-methyl/N-ethyl adjacent to an activating group) is 1. The molecule has 1 unspecified atom stereocenters. The molecular weight excluding hydrogens is 350 g/mol. The fourth-order valence-corrected chi connectivity index (χ4v) is 3.23. The number of carbonyl (C=O) groups excluding carboxylic acids is 2. The van der Waals surface area contributed by atoms with Gasteiger partial charge in [0.15, 0.2) is 13.1 Å². The van der Waals surface area contributed by atoms with Gasteiger partial charge in [0.1, 0.15) is 0 Å². The second-order valence-electron chi connectivity index (χ2n) is 7.43. The Bertz CT molecular complexity index is 790. The summed E-state index contributed by atoms with van der Waals surface area (Å²) in [6.45, 7) is 6.62. The van der Waals surface area contributed by atoms with Gasteiger partial charge in [0.05, 0.1) is 13.1 Å². The van der Waals surface area contributed by atoms with Crippen LogP contribution < -0.4 is 15.5 Å². The molecule has 0 bridgehead atoms. The largest absolute Gasteiger partial charge is 0.344 e. The molecule has 0 aliphatic carbocycles. The van der Waals surface area contributed by atoms with Gasteiger partial charge in [-0.05, 0) is 43.0 Å². The average molecular weight is 383 g/mol. The van der Waals surface area contributed by atoms with Crippen LogP contribution in [0.5, 0.6) is 0 Å². The lowest BCUT2D eigenvalue weighted by Crippen LogP contribution is -3.11. The van der Waals surface area contributed by atoms with E-state index >= 15 is 0 Å². The van der Waals surface area contributed by atoms with Crippen LogP contribution in [0.3, 0.4) is 0 Å². The van der Waals surface area contributed by atoms with E-state index in [1.165, 1.54) is 0 Å². The molecule has 28 heavy (non-hydrogen) atoms. The molecule has 2 amide bonds. The third-order valence-electron chi connectivity index (χ3n) is 4.92. The summed E-state index contributed by atoms with van der Waals surface area (Å²) >= 11 is 0. The highest BCUT2D eigenvalue weighted by Crippen LogP contribution is 2.18. The number of rotatable bonds is 9. The third-order valence-corrected chi connectivity index (χ3v) is 4.92. The van der Waals surface area contributed by atoms with Crippen LogP contribution in [0.2, 0.25) is 0 Å². The Morgan fingerprint density at radius 1 is 0.964 bits per heavy atom. The minimum atomic E-state index is -0.0906. The van der Waals surface area contributed by atoms with E-state index in [0.717, 1.165) is 40.1 Å². The van der Waals surface area contributed by atoms with Crippen molar-refractivity contribution in [1.29, 1.82) is 0 Å². The number of hydrogen-bond donors (Lipinski definition) is 3. The first kappa shape index (κ1) is 21.6. The van der Waals surface area contributed by atoms with E-state index in [1.807, 2.05) is 69.4 Å². The molecule has 0 spiro atoms. The first-order chi connectivity index (χ1) is 13.4. The minimum absolute atomic E-state index is 0.00951. The summed E-state index contributed by atoms with van der Waals surface area (Å²) in [5, 5.41) is 6.06. The van der Waals surface area contributed by atoms with Crippen LogP contribution in [0.4, 0.5) is 5.69 Å². The molecule has 150 valence electrons. The maximum atomic E-state index is 12.5. The Morgan fingerprint density at radius 3 is 2.32 bits per heavy atom. The van der Waals surface area contributed by atoms with Crippen molar-refractivity contribution < 1.29 is 14.5 Å². The molecule has 2 aromatic rings. The quantitative estimate of drug-likeness (QED) is 0.624. The lowest BCUT2D eigenvalue weighted by atomic mass is 10.0. The normalized spacial score (nSPS) is 12.9. The maximum Gasteiger partial charge on any atom is 0.279 e. The van der Waals surface area contributed by atoms with E-state index in [0.29, 0.717) is 0 Å². The van der Waals surface area contributed by atoms with Crippen LogP contribution in [0.15, 0.2) is 48.5 Å². The second-order valence-corrected chi connectivity index (χ2v) is 7.43. The van der Waals surface area contributed by atoms with Crippen LogP contribution in [-0.2, 0) is 9.59 Å². The molecule has 0 fully saturated rings. The van der Waals surface area contributed by atoms with Gasteiger partial charge in [-0.15, -0.1) is 0 Å². The van der Waals surface area contributed by atoms with Crippen molar-refractivity contribution in [2.45, 2.75) is 39.7 Å². The molecular formula is C23H32N3O2+. The van der Waals surface area contributed by atoms with Crippen LogP contribution in [0.1, 0.15) is 42.5 Å². The summed E-state index contributed by atoms with van der Waals surface area (Å²) in [7, 11) is 1.86. The summed E-state index contributed by atoms with van der Waals surface area (Å²) < 4.78 is 0. The highest BCUT2D eigenvalue weighted by atomic mass is 16.2. The fourth-order valence-electron chi connectivity index (χ4n) is 3.23. The molecule has 0 radical (unpaired) electrons. The molecule has 5 heteroatoms. The second kappa shape index (κ2) is 10.6. The highest BCUT2D eigenvalue weighted by Gasteiger charge is 2.18. The number of benzene rings is 2. The van der Waals surface area contributed by atoms with E-state index in [2.05, 4.69) is 17.6 Å². The number of nitrogens with one attached hydrogen (secondary N) is 3. The van der Waals surface area contributed by atoms with Crippen molar-refractivity contribution >= 4 is 17.5 Å². The molecule has 0 saturated carbocycles. The van der Waals surface area contributed by atoms with Crippen LogP contribution in [0, 0.1) is 13.8 Å². The van der Waals surface area contributed by atoms with E-state index in [1.54, 1.807) is 0 Å². The van der Waals surface area contributed by atoms with Gasteiger partial charge in [-0.2, -0.15) is 0 Å². The van der Waals surface area contributed by atoms with Crippen LogP contribution in [0.25, 0.3) is 0 Å². The van der Waals surface area contributed by atoms with Gasteiger partial charge in [0.2, 0.25) is 0 Å². The maximum absolute atomic E-state index is 12.5. The van der Waals surface area contributed by atoms with Gasteiger partial charge in [0, 0.05) is 5.69 Å². The fraction of sp³-hybridized carbons (Fsp3) is 0.391. The Balaban J connectivity index is 1.87. The molecule has 0 saturated heterocycles. The van der Waals surface area contributed by atoms with Gasteiger partial charge in [0.25, 0.3) is 11.8 Å². The van der Waals surface area contributed by atoms with E-state index < -0.39 is 0 Å². The van der Waals surface area contributed by atoms with Crippen molar-refractivity contribution in [3.8, 4) is 0 Å². The molecule has 2 rings (SSSR count). The molecule has 3 N–H and O–H groups in total. The number of carbonyl (C=O) groups is 2. The van der Waals surface area contributed by atoms with Crippen molar-refractivity contribution in [1.82, 2.24) is 5.32 Å². The molecule has 0 aromatic heterocycles. The molecule has 0 aliphatic rings. The first-order valence-corrected chi connectivity index (χ1v) is 9.92. The number of hydrogen-bond acceptors (Lipinski definition) is 2. The summed E-state index contributed by atoms with van der Waals surface area (Å²) in [4.78, 5) is 25.7. The van der Waals surface area contributed by atoms with Crippen molar-refractivity contribution in [2.75, 3.05) is 25.5 Å². The zero-order valence-corrected chi connectivity index (χ0v) is 17.3. The Labute approximate surface area is 168 Å². The molecule has 2 aromatic carbocycles. The predicted octanol–water partition coefficient (Wildman–Crippen LogP) is 2.41. The number of aryl methyl sites for hydroxylation is 1. The molecule has 5 nitrogen and oxygen atoms in total. The Hall–Kier alpha value is -2.66. The van der Waals surface area contributed by atoms with Crippen molar-refractivity contribution in [3.05, 3.63) is 65.2 Å². The smallest absolute Gasteiger partial charge is 0.279 e. The van der Waals surface area contributed by atoms with E-state index in [4.69, 9.17) is 0 Å². The molecule has 0 aliphatic heterocycles. The van der Waals surface area contributed by atoms with E-state index in [9.17, 15) is 9.59 Å². The summed E-state index contributed by atoms with van der Waals surface area (Å²) in [6.07, 6.45) is 1.88. The molecule has 0 heterocycles. The summed E-state index contributed by atoms with van der Waals surface area (Å²) in [6, 6.07) is 15.9. The van der Waals surface area contributed by atoms with Gasteiger partial charge in [-0.25, -0.2) is 0 Å². The third kappa shape index (κ3) is 6.50. The Morgan fingerprint density at radius 2 is 1.64 bits per heavy atom. The topological polar surface area (TPSA) is 62.6 Å². The van der Waals surface area contributed by atoms with Gasteiger partial charge in [-0.3, -0.25) is 9.59 Å². The lowest BCUT2D eigenvalue weighted by Gasteiger charge is -2.20. The van der Waals surface area contributed by atoms with Gasteiger partial charge in [-0.1, -0.05) is 55.8 Å². The zero-order valence-electron chi connectivity index (χ0n) is 17.3. The van der Waals surface area contributed by atoms with E-state index in [-0.39, 0.29) is 30.9 Å². The summed E-state index contributed by atoms with van der Waals surface area (Å²) in [5.41, 5.74) is 4.15. The van der Waals surface area contributed by atoms with Crippen LogP contribution in [-0.4, -0.2) is 32.0 Å². The lowest BCUT2D eigenvalue weighted by molar-refractivity contribution is -0.862. The molecule has 2 atom stereocenters. The standard InChI is InChI=1S/C23H31N3O2/c1-5-10-21(19-12-7-6-8-13-19)25-23(28)16-26(4)15-22(27)24-20-14-9-11-17(2)18(20)3/h6-9,11-14,21H,5,10,15-16H2,1-4H3,(H,24,27)(H,25,28)/p+1/t21-/m1/s1. The predicted molar refractivity (Wildman–Crippen MR) is 113 cm³/mol. The number of amides is 2.